The molecule has 1 aliphatic rings. The lowest BCUT2D eigenvalue weighted by molar-refractivity contribution is -0.169. The summed E-state index contributed by atoms with van der Waals surface area (Å²) in [5, 5.41) is 0. The van der Waals surface area contributed by atoms with Crippen molar-refractivity contribution in [2.75, 3.05) is 26.4 Å². The van der Waals surface area contributed by atoms with Gasteiger partial charge in [-0.05, 0) is 43.9 Å². The number of esters is 1. The minimum atomic E-state index is -0.238. The lowest BCUT2D eigenvalue weighted by Crippen LogP contribution is -2.37. The van der Waals surface area contributed by atoms with Crippen molar-refractivity contribution in [3.8, 4) is 0 Å². The van der Waals surface area contributed by atoms with Crippen LogP contribution in [0.25, 0.3) is 0 Å². The highest BCUT2D eigenvalue weighted by Gasteiger charge is 2.33. The lowest BCUT2D eigenvalue weighted by atomic mass is 9.83. The van der Waals surface area contributed by atoms with Gasteiger partial charge in [-0.3, -0.25) is 0 Å². The molecule has 130 valence electrons. The summed E-state index contributed by atoms with van der Waals surface area (Å²) in [7, 11) is 0. The van der Waals surface area contributed by atoms with Crippen LogP contribution in [0.3, 0.4) is 0 Å². The van der Waals surface area contributed by atoms with Gasteiger partial charge in [0, 0.05) is 0 Å². The third-order valence-corrected chi connectivity index (χ3v) is 4.78. The molecule has 4 heteroatoms. The monoisotopic (exact) mass is 314 g/mol. The van der Waals surface area contributed by atoms with E-state index in [-0.39, 0.29) is 23.6 Å². The second-order valence-electron chi connectivity index (χ2n) is 7.19. The summed E-state index contributed by atoms with van der Waals surface area (Å²) < 4.78 is 16.7. The highest BCUT2D eigenvalue weighted by Crippen LogP contribution is 2.34. The Morgan fingerprint density at radius 1 is 1.05 bits per heavy atom. The predicted octanol–water partition coefficient (Wildman–Crippen LogP) is 4.11. The molecule has 0 saturated heterocycles. The van der Waals surface area contributed by atoms with Crippen LogP contribution >= 0.6 is 0 Å². The minimum Gasteiger partial charge on any atom is -0.457 e. The maximum absolute atomic E-state index is 11.9. The van der Waals surface area contributed by atoms with E-state index in [0.717, 1.165) is 45.1 Å². The number of rotatable bonds is 10. The van der Waals surface area contributed by atoms with Crippen LogP contribution in [0.5, 0.6) is 0 Å². The van der Waals surface area contributed by atoms with E-state index in [1.807, 2.05) is 0 Å². The van der Waals surface area contributed by atoms with E-state index in [2.05, 4.69) is 27.7 Å². The van der Waals surface area contributed by atoms with Crippen molar-refractivity contribution < 1.29 is 19.0 Å². The Morgan fingerprint density at radius 2 is 1.68 bits per heavy atom. The molecule has 1 fully saturated rings. The van der Waals surface area contributed by atoms with Gasteiger partial charge in [-0.15, -0.1) is 0 Å². The molecular formula is C18H34O4. The molecule has 0 radical (unpaired) electrons. The molecule has 1 aliphatic carbocycles. The normalized spacial score (nSPS) is 18.2. The molecule has 0 aromatic rings. The number of hydrogen-bond acceptors (Lipinski definition) is 4. The van der Waals surface area contributed by atoms with E-state index in [0.29, 0.717) is 13.2 Å². The Bertz CT molecular complexity index is 319. The zero-order valence-electron chi connectivity index (χ0n) is 14.9. The summed E-state index contributed by atoms with van der Waals surface area (Å²) in [6, 6.07) is 0. The molecule has 0 bridgehead atoms. The van der Waals surface area contributed by atoms with Crippen LogP contribution in [-0.4, -0.2) is 38.0 Å². The minimum absolute atomic E-state index is 0.0300. The quantitative estimate of drug-likeness (QED) is 0.449. The summed E-state index contributed by atoms with van der Waals surface area (Å²) in [6.07, 6.45) is 7.52. The smallest absolute Gasteiger partial charge is 0.332 e. The van der Waals surface area contributed by atoms with Crippen LogP contribution in [0.4, 0.5) is 0 Å². The molecule has 22 heavy (non-hydrogen) atoms. The van der Waals surface area contributed by atoms with Gasteiger partial charge < -0.3 is 14.2 Å². The summed E-state index contributed by atoms with van der Waals surface area (Å²) in [6.45, 7) is 10.3. The Labute approximate surface area is 135 Å². The number of carbonyl (C=O) groups excluding carboxylic acids is 1. The highest BCUT2D eigenvalue weighted by molar-refractivity contribution is 5.71. The maximum Gasteiger partial charge on any atom is 0.332 e. The summed E-state index contributed by atoms with van der Waals surface area (Å²) in [4.78, 5) is 11.9. The molecular weight excluding hydrogens is 280 g/mol. The first-order chi connectivity index (χ1) is 10.4. The largest absolute Gasteiger partial charge is 0.457 e. The highest BCUT2D eigenvalue weighted by atomic mass is 16.6. The van der Waals surface area contributed by atoms with Gasteiger partial charge in [-0.2, -0.15) is 0 Å². The molecule has 1 saturated carbocycles. The van der Waals surface area contributed by atoms with Crippen LogP contribution in [0.1, 0.15) is 72.6 Å². The molecule has 0 atom stereocenters. The standard InChI is InChI=1S/C18H34O4/c1-5-17(3,4)15-21-13-12-20-14-16(19)22-18(6-2)10-8-7-9-11-18/h5-15H2,1-4H3. The SMILES string of the molecule is CCC(C)(C)COCCOCC(=O)OC1(CC)CCCCC1. The molecule has 0 N–H and O–H groups in total. The Kier molecular flexibility index (Phi) is 8.40. The fraction of sp³-hybridized carbons (Fsp3) is 0.944. The Balaban J connectivity index is 2.13. The van der Waals surface area contributed by atoms with Crippen molar-refractivity contribution in [1.82, 2.24) is 0 Å². The van der Waals surface area contributed by atoms with E-state index in [9.17, 15) is 4.79 Å². The number of carbonyl (C=O) groups is 1. The van der Waals surface area contributed by atoms with Gasteiger partial charge in [0.05, 0.1) is 19.8 Å². The van der Waals surface area contributed by atoms with Crippen LogP contribution in [0.15, 0.2) is 0 Å². The van der Waals surface area contributed by atoms with Gasteiger partial charge in [-0.1, -0.05) is 34.1 Å². The van der Waals surface area contributed by atoms with E-state index < -0.39 is 0 Å². The first-order valence-electron chi connectivity index (χ1n) is 8.80. The first-order valence-corrected chi connectivity index (χ1v) is 8.80. The third kappa shape index (κ3) is 7.10. The van der Waals surface area contributed by atoms with Gasteiger partial charge in [0.2, 0.25) is 0 Å². The topological polar surface area (TPSA) is 44.8 Å². The summed E-state index contributed by atoms with van der Waals surface area (Å²) in [5.74, 6) is -0.238. The molecule has 0 unspecified atom stereocenters. The van der Waals surface area contributed by atoms with Crippen LogP contribution < -0.4 is 0 Å². The fourth-order valence-electron chi connectivity index (χ4n) is 2.72. The average molecular weight is 314 g/mol. The molecule has 0 aliphatic heterocycles. The number of hydrogen-bond donors (Lipinski definition) is 0. The third-order valence-electron chi connectivity index (χ3n) is 4.78. The van der Waals surface area contributed by atoms with Crippen molar-refractivity contribution in [2.24, 2.45) is 5.41 Å². The van der Waals surface area contributed by atoms with E-state index in [1.165, 1.54) is 6.42 Å². The van der Waals surface area contributed by atoms with E-state index in [1.54, 1.807) is 0 Å². The molecule has 0 spiro atoms. The van der Waals surface area contributed by atoms with Crippen molar-refractivity contribution in [3.63, 3.8) is 0 Å². The predicted molar refractivity (Wildman–Crippen MR) is 87.9 cm³/mol. The molecule has 0 heterocycles. The molecule has 1 rings (SSSR count). The molecule has 4 nitrogen and oxygen atoms in total. The Hall–Kier alpha value is -0.610. The fourth-order valence-corrected chi connectivity index (χ4v) is 2.72. The zero-order chi connectivity index (χ0) is 16.5. The van der Waals surface area contributed by atoms with Gasteiger partial charge >= 0.3 is 5.97 Å². The van der Waals surface area contributed by atoms with E-state index >= 15 is 0 Å². The molecule has 0 amide bonds. The van der Waals surface area contributed by atoms with Crippen molar-refractivity contribution in [3.05, 3.63) is 0 Å². The van der Waals surface area contributed by atoms with Crippen molar-refractivity contribution in [2.45, 2.75) is 78.2 Å². The zero-order valence-corrected chi connectivity index (χ0v) is 14.9. The summed E-state index contributed by atoms with van der Waals surface area (Å²) in [5.41, 5.74) is -0.0340. The number of ether oxygens (including phenoxy) is 3. The van der Waals surface area contributed by atoms with Crippen LogP contribution in [-0.2, 0) is 19.0 Å². The lowest BCUT2D eigenvalue weighted by Gasteiger charge is -2.35. The summed E-state index contributed by atoms with van der Waals surface area (Å²) >= 11 is 0. The first kappa shape index (κ1) is 19.4. The average Bonchev–Trinajstić information content (AvgIpc) is 2.51. The van der Waals surface area contributed by atoms with Gasteiger partial charge in [0.25, 0.3) is 0 Å². The van der Waals surface area contributed by atoms with Crippen molar-refractivity contribution >= 4 is 5.97 Å². The van der Waals surface area contributed by atoms with Crippen molar-refractivity contribution in [1.29, 1.82) is 0 Å². The van der Waals surface area contributed by atoms with Crippen LogP contribution in [0, 0.1) is 5.41 Å². The molecule has 0 aromatic heterocycles. The second kappa shape index (κ2) is 9.51. The van der Waals surface area contributed by atoms with Gasteiger partial charge in [0.1, 0.15) is 12.2 Å². The van der Waals surface area contributed by atoms with E-state index in [4.69, 9.17) is 14.2 Å². The Morgan fingerprint density at radius 3 is 2.27 bits per heavy atom. The maximum atomic E-state index is 11.9. The second-order valence-corrected chi connectivity index (χ2v) is 7.19. The molecule has 0 aromatic carbocycles. The van der Waals surface area contributed by atoms with Gasteiger partial charge in [-0.25, -0.2) is 4.79 Å². The van der Waals surface area contributed by atoms with Crippen LogP contribution in [0.2, 0.25) is 0 Å². The van der Waals surface area contributed by atoms with Gasteiger partial charge in [0.15, 0.2) is 0 Å².